The van der Waals surface area contributed by atoms with E-state index in [0.717, 1.165) is 44.2 Å². The van der Waals surface area contributed by atoms with Gasteiger partial charge in [-0.25, -0.2) is 22.0 Å². The molecule has 0 aliphatic carbocycles. The lowest BCUT2D eigenvalue weighted by Gasteiger charge is -2.12. The molecule has 0 aliphatic rings. The Morgan fingerprint density at radius 1 is 0.684 bits per heavy atom. The highest BCUT2D eigenvalue weighted by molar-refractivity contribution is 5.90. The first-order valence-electron chi connectivity index (χ1n) is 12.4. The second kappa shape index (κ2) is 11.8. The Kier molecular flexibility index (Phi) is 8.55. The molecule has 0 unspecified atom stereocenters. The van der Waals surface area contributed by atoms with Crippen LogP contribution in [0, 0.1) is 29.1 Å². The molecule has 4 aromatic rings. The highest BCUT2D eigenvalue weighted by atomic mass is 19.3. The van der Waals surface area contributed by atoms with Crippen LogP contribution in [0.4, 0.5) is 30.7 Å². The summed E-state index contributed by atoms with van der Waals surface area (Å²) in [5.74, 6) is -4.71. The maximum Gasteiger partial charge on any atom is 0.271 e. The fourth-order valence-corrected chi connectivity index (χ4v) is 4.64. The maximum atomic E-state index is 15.1. The van der Waals surface area contributed by atoms with E-state index in [0.29, 0.717) is 12.0 Å². The van der Waals surface area contributed by atoms with Crippen LogP contribution in [0.1, 0.15) is 50.2 Å². The van der Waals surface area contributed by atoms with Gasteiger partial charge in [0.2, 0.25) is 0 Å². The topological polar surface area (TPSA) is 0 Å². The summed E-state index contributed by atoms with van der Waals surface area (Å²) in [6.45, 7) is 2.11. The van der Waals surface area contributed by atoms with Gasteiger partial charge in [0.15, 0.2) is 0 Å². The van der Waals surface area contributed by atoms with E-state index in [1.165, 1.54) is 42.5 Å². The maximum absolute atomic E-state index is 15.1. The van der Waals surface area contributed by atoms with Crippen molar-refractivity contribution in [1.82, 2.24) is 0 Å². The molecule has 0 aliphatic heterocycles. The monoisotopic (exact) mass is 530 g/mol. The number of benzene rings is 4. The van der Waals surface area contributed by atoms with Gasteiger partial charge < -0.3 is 0 Å². The molecule has 0 saturated carbocycles. The Bertz CT molecular complexity index is 1480. The number of halogens is 7. The number of aryl methyl sites for hydroxylation is 1. The molecule has 0 amide bonds. The van der Waals surface area contributed by atoms with E-state index in [-0.39, 0.29) is 39.1 Å². The number of hydrogen-bond donors (Lipinski definition) is 0. The van der Waals surface area contributed by atoms with Crippen LogP contribution in [0.25, 0.3) is 39.1 Å². The average Bonchev–Trinajstić information content (AvgIpc) is 2.86. The van der Waals surface area contributed by atoms with E-state index in [4.69, 9.17) is 0 Å². The minimum absolute atomic E-state index is 0.0123. The lowest BCUT2D eigenvalue weighted by molar-refractivity contribution is 0.428. The van der Waals surface area contributed by atoms with E-state index >= 15 is 4.39 Å². The fourth-order valence-electron chi connectivity index (χ4n) is 4.64. The first kappa shape index (κ1) is 27.4. The molecule has 0 aromatic heterocycles. The molecule has 4 rings (SSSR count). The van der Waals surface area contributed by atoms with E-state index < -0.39 is 40.7 Å². The Morgan fingerprint density at radius 3 is 2.03 bits per heavy atom. The lowest BCUT2D eigenvalue weighted by atomic mass is 9.95. The normalized spacial score (nSPS) is 11.3. The van der Waals surface area contributed by atoms with Gasteiger partial charge in [0.25, 0.3) is 6.08 Å². The minimum Gasteiger partial charge on any atom is -0.206 e. The van der Waals surface area contributed by atoms with Crippen molar-refractivity contribution in [2.24, 2.45) is 0 Å². The van der Waals surface area contributed by atoms with Gasteiger partial charge >= 0.3 is 0 Å². The zero-order chi connectivity index (χ0) is 27.4. The largest absolute Gasteiger partial charge is 0.271 e. The summed E-state index contributed by atoms with van der Waals surface area (Å²) in [4.78, 5) is 0. The number of unbranched alkanes of at least 4 members (excludes halogenated alkanes) is 4. The van der Waals surface area contributed by atoms with E-state index in [2.05, 4.69) is 6.92 Å². The van der Waals surface area contributed by atoms with Crippen molar-refractivity contribution in [1.29, 1.82) is 0 Å². The highest BCUT2D eigenvalue weighted by Gasteiger charge is 2.18. The van der Waals surface area contributed by atoms with Crippen molar-refractivity contribution < 1.29 is 30.7 Å². The Labute approximate surface area is 216 Å². The second-order valence-corrected chi connectivity index (χ2v) is 9.25. The molecule has 0 bridgehead atoms. The van der Waals surface area contributed by atoms with E-state index in [9.17, 15) is 26.3 Å². The van der Waals surface area contributed by atoms with E-state index in [1.54, 1.807) is 0 Å². The Morgan fingerprint density at radius 2 is 1.37 bits per heavy atom. The molecule has 4 aromatic carbocycles. The first-order chi connectivity index (χ1) is 18.2. The first-order valence-corrected chi connectivity index (χ1v) is 12.4. The van der Waals surface area contributed by atoms with Gasteiger partial charge in [0.1, 0.15) is 29.1 Å². The van der Waals surface area contributed by atoms with Crippen molar-refractivity contribution in [2.75, 3.05) is 0 Å². The highest BCUT2D eigenvalue weighted by Crippen LogP contribution is 2.34. The standard InChI is InChI=1S/C31H25F7/c1-2-3-4-5-6-7-18-12-27(34)30(28(35)13-18)20-9-10-22(25(32)15-20)19-8-11-23-21(14-19)16-26(33)24(31(23)38)17-29(36)37/h8-17H,2-7H2,1H3. The van der Waals surface area contributed by atoms with Crippen molar-refractivity contribution in [3.8, 4) is 22.3 Å². The summed E-state index contributed by atoms with van der Waals surface area (Å²) >= 11 is 0. The number of rotatable bonds is 9. The quantitative estimate of drug-likeness (QED) is 0.149. The van der Waals surface area contributed by atoms with Gasteiger partial charge in [-0.15, -0.1) is 0 Å². The third-order valence-electron chi connectivity index (χ3n) is 6.56. The minimum atomic E-state index is -2.24. The van der Waals surface area contributed by atoms with Crippen LogP contribution in [-0.4, -0.2) is 0 Å². The van der Waals surface area contributed by atoms with Crippen LogP contribution in [0.2, 0.25) is 0 Å². The van der Waals surface area contributed by atoms with Gasteiger partial charge in [0.05, 0.1) is 11.1 Å². The van der Waals surface area contributed by atoms with Crippen LogP contribution < -0.4 is 0 Å². The van der Waals surface area contributed by atoms with Crippen molar-refractivity contribution in [2.45, 2.75) is 45.4 Å². The summed E-state index contributed by atoms with van der Waals surface area (Å²) in [6.07, 6.45) is 3.52. The van der Waals surface area contributed by atoms with Gasteiger partial charge in [0, 0.05) is 17.0 Å². The van der Waals surface area contributed by atoms with Gasteiger partial charge in [-0.2, -0.15) is 8.78 Å². The summed E-state index contributed by atoms with van der Waals surface area (Å²) in [7, 11) is 0. The Hall–Kier alpha value is -3.61. The zero-order valence-electron chi connectivity index (χ0n) is 20.7. The summed E-state index contributed by atoms with van der Waals surface area (Å²) in [6, 6.07) is 11.0. The predicted octanol–water partition coefficient (Wildman–Crippen LogP) is 10.6. The molecular weight excluding hydrogens is 505 g/mol. The fraction of sp³-hybridized carbons (Fsp3) is 0.226. The van der Waals surface area contributed by atoms with Gasteiger partial charge in [-0.3, -0.25) is 0 Å². The SMILES string of the molecule is CCCCCCCc1cc(F)c(-c2ccc(-c3ccc4c(F)c(C=C(F)F)c(F)cc4c3)c(F)c2)c(F)c1. The molecule has 0 radical (unpaired) electrons. The van der Waals surface area contributed by atoms with Crippen LogP contribution in [0.3, 0.4) is 0 Å². The molecule has 198 valence electrons. The summed E-state index contributed by atoms with van der Waals surface area (Å²) in [5.41, 5.74) is -0.362. The molecule has 38 heavy (non-hydrogen) atoms. The van der Waals surface area contributed by atoms with Crippen LogP contribution in [0.15, 0.2) is 60.7 Å². The van der Waals surface area contributed by atoms with Crippen LogP contribution in [0.5, 0.6) is 0 Å². The Balaban J connectivity index is 1.63. The summed E-state index contributed by atoms with van der Waals surface area (Å²) in [5, 5.41) is -0.0750. The molecule has 0 fully saturated rings. The molecule has 0 atom stereocenters. The molecule has 7 heteroatoms. The van der Waals surface area contributed by atoms with Crippen LogP contribution in [-0.2, 0) is 6.42 Å². The smallest absolute Gasteiger partial charge is 0.206 e. The van der Waals surface area contributed by atoms with Gasteiger partial charge in [-0.05, 0) is 65.3 Å². The number of hydrogen-bond acceptors (Lipinski definition) is 0. The third-order valence-corrected chi connectivity index (χ3v) is 6.56. The average molecular weight is 531 g/mol. The molecular formula is C31H25F7. The van der Waals surface area contributed by atoms with E-state index in [1.807, 2.05) is 0 Å². The van der Waals surface area contributed by atoms with Crippen molar-refractivity contribution in [3.05, 3.63) is 101 Å². The predicted molar refractivity (Wildman–Crippen MR) is 137 cm³/mol. The van der Waals surface area contributed by atoms with Crippen LogP contribution >= 0.6 is 0 Å². The number of fused-ring (bicyclic) bond motifs is 1. The molecule has 0 heterocycles. The third kappa shape index (κ3) is 5.93. The van der Waals surface area contributed by atoms with Gasteiger partial charge in [-0.1, -0.05) is 56.9 Å². The zero-order valence-corrected chi connectivity index (χ0v) is 20.7. The summed E-state index contributed by atoms with van der Waals surface area (Å²) < 4.78 is 98.8. The molecule has 0 saturated heterocycles. The lowest BCUT2D eigenvalue weighted by Crippen LogP contribution is -1.97. The van der Waals surface area contributed by atoms with Crippen molar-refractivity contribution >= 4 is 16.8 Å². The van der Waals surface area contributed by atoms with Crippen molar-refractivity contribution in [3.63, 3.8) is 0 Å². The molecule has 0 spiro atoms. The second-order valence-electron chi connectivity index (χ2n) is 9.25. The molecule has 0 nitrogen and oxygen atoms in total. The molecule has 0 N–H and O–H groups in total.